The van der Waals surface area contributed by atoms with E-state index >= 15 is 0 Å². The van der Waals surface area contributed by atoms with Crippen LogP contribution in [0.5, 0.6) is 0 Å². The minimum absolute atomic E-state index is 0.0381. The Morgan fingerprint density at radius 2 is 2.20 bits per heavy atom. The van der Waals surface area contributed by atoms with Gasteiger partial charge in [-0.05, 0) is 30.4 Å². The van der Waals surface area contributed by atoms with Gasteiger partial charge < -0.3 is 15.0 Å². The predicted octanol–water partition coefficient (Wildman–Crippen LogP) is 1.12. The number of carbonyl (C=O) groups is 1. The van der Waals surface area contributed by atoms with Crippen molar-refractivity contribution in [3.63, 3.8) is 0 Å². The zero-order valence-electron chi connectivity index (χ0n) is 11.0. The summed E-state index contributed by atoms with van der Waals surface area (Å²) < 4.78 is 0. The molecule has 0 radical (unpaired) electrons. The molecule has 0 bridgehead atoms. The van der Waals surface area contributed by atoms with Crippen molar-refractivity contribution in [3.05, 3.63) is 46.4 Å². The third-order valence-corrected chi connectivity index (χ3v) is 3.83. The van der Waals surface area contributed by atoms with Crippen molar-refractivity contribution < 1.29 is 9.90 Å². The first kappa shape index (κ1) is 12.9. The minimum Gasteiger partial charge on any atom is -0.394 e. The van der Waals surface area contributed by atoms with Gasteiger partial charge in [0.2, 0.25) is 0 Å². The number of aliphatic hydroxyl groups is 1. The second-order valence-electron chi connectivity index (χ2n) is 5.08. The predicted molar refractivity (Wildman–Crippen MR) is 75.7 cm³/mol. The number of likely N-dealkylation sites (tertiary alicyclic amines) is 1. The first-order chi connectivity index (χ1) is 9.70. The van der Waals surface area contributed by atoms with E-state index < -0.39 is 0 Å². The molecular formula is C15H16N2O3. The Hall–Kier alpha value is -2.14. The van der Waals surface area contributed by atoms with Crippen molar-refractivity contribution in [3.8, 4) is 0 Å². The number of fused-ring (bicyclic) bond motifs is 1. The van der Waals surface area contributed by atoms with Crippen molar-refractivity contribution in [2.45, 2.75) is 18.9 Å². The summed E-state index contributed by atoms with van der Waals surface area (Å²) in [5, 5.41) is 10.6. The molecule has 20 heavy (non-hydrogen) atoms. The van der Waals surface area contributed by atoms with Crippen LogP contribution >= 0.6 is 0 Å². The number of hydrogen-bond donors (Lipinski definition) is 2. The number of nitrogens with zero attached hydrogens (tertiary/aromatic N) is 1. The van der Waals surface area contributed by atoms with Gasteiger partial charge in [0.05, 0.1) is 12.6 Å². The van der Waals surface area contributed by atoms with Crippen molar-refractivity contribution in [1.29, 1.82) is 0 Å². The second-order valence-corrected chi connectivity index (χ2v) is 5.08. The molecule has 2 aromatic rings. The van der Waals surface area contributed by atoms with E-state index in [1.807, 2.05) is 12.1 Å². The summed E-state index contributed by atoms with van der Waals surface area (Å²) in [6.45, 7) is 0.586. The highest BCUT2D eigenvalue weighted by molar-refractivity contribution is 5.96. The van der Waals surface area contributed by atoms with E-state index in [-0.39, 0.29) is 29.8 Å². The van der Waals surface area contributed by atoms with Crippen molar-refractivity contribution >= 4 is 16.7 Å². The number of benzene rings is 1. The molecule has 2 heterocycles. The maximum atomic E-state index is 12.5. The van der Waals surface area contributed by atoms with Gasteiger partial charge in [-0.3, -0.25) is 9.59 Å². The van der Waals surface area contributed by atoms with Gasteiger partial charge in [0.25, 0.3) is 11.5 Å². The first-order valence-electron chi connectivity index (χ1n) is 6.74. The van der Waals surface area contributed by atoms with Crippen LogP contribution in [0.2, 0.25) is 0 Å². The summed E-state index contributed by atoms with van der Waals surface area (Å²) in [4.78, 5) is 28.7. The molecule has 0 saturated carbocycles. The summed E-state index contributed by atoms with van der Waals surface area (Å²) in [5.74, 6) is -0.218. The number of hydrogen-bond acceptors (Lipinski definition) is 3. The fraction of sp³-hybridized carbons (Fsp3) is 0.333. The smallest absolute Gasteiger partial charge is 0.270 e. The number of aromatic nitrogens is 1. The van der Waals surface area contributed by atoms with E-state index in [1.165, 1.54) is 0 Å². The maximum absolute atomic E-state index is 12.5. The Balaban J connectivity index is 2.02. The minimum atomic E-state index is -0.258. The molecule has 0 spiro atoms. The zero-order valence-corrected chi connectivity index (χ0v) is 11.0. The summed E-state index contributed by atoms with van der Waals surface area (Å²) in [6, 6.07) is 8.73. The van der Waals surface area contributed by atoms with E-state index in [9.17, 15) is 14.7 Å². The molecule has 3 rings (SSSR count). The lowest BCUT2D eigenvalue weighted by Crippen LogP contribution is -2.38. The number of nitrogens with one attached hydrogen (secondary N) is 1. The number of H-pyrrole nitrogens is 1. The topological polar surface area (TPSA) is 73.4 Å². The zero-order chi connectivity index (χ0) is 14.1. The summed E-state index contributed by atoms with van der Waals surface area (Å²) in [6.07, 6.45) is 1.69. The fourth-order valence-electron chi connectivity index (χ4n) is 2.77. The first-order valence-corrected chi connectivity index (χ1v) is 6.74. The van der Waals surface area contributed by atoms with E-state index in [2.05, 4.69) is 4.98 Å². The highest BCUT2D eigenvalue weighted by atomic mass is 16.3. The van der Waals surface area contributed by atoms with Gasteiger partial charge >= 0.3 is 0 Å². The van der Waals surface area contributed by atoms with Crippen LogP contribution in [0.15, 0.2) is 35.1 Å². The van der Waals surface area contributed by atoms with Gasteiger partial charge in [0.15, 0.2) is 0 Å². The molecule has 5 heteroatoms. The number of amides is 1. The molecule has 0 unspecified atom stereocenters. The van der Waals surface area contributed by atoms with Crippen LogP contribution in [-0.2, 0) is 0 Å². The standard InChI is InChI=1S/C15H16N2O3/c18-9-11-5-3-7-17(11)15(20)13-8-10-4-1-2-6-12(10)14(19)16-13/h1-2,4,6,8,11,18H,3,5,7,9H2,(H,16,19)/t11-/m0/s1. The fourth-order valence-corrected chi connectivity index (χ4v) is 2.77. The molecule has 1 fully saturated rings. The van der Waals surface area contributed by atoms with E-state index in [1.54, 1.807) is 23.1 Å². The van der Waals surface area contributed by atoms with Gasteiger partial charge in [-0.25, -0.2) is 0 Å². The lowest BCUT2D eigenvalue weighted by molar-refractivity contribution is 0.0671. The molecule has 2 N–H and O–H groups in total. The van der Waals surface area contributed by atoms with E-state index in [0.717, 1.165) is 18.2 Å². The molecule has 1 amide bonds. The van der Waals surface area contributed by atoms with Gasteiger partial charge in [-0.15, -0.1) is 0 Å². The average molecular weight is 272 g/mol. The molecule has 5 nitrogen and oxygen atoms in total. The molecule has 1 atom stereocenters. The molecule has 104 valence electrons. The third-order valence-electron chi connectivity index (χ3n) is 3.83. The third kappa shape index (κ3) is 2.10. The lowest BCUT2D eigenvalue weighted by Gasteiger charge is -2.22. The van der Waals surface area contributed by atoms with Crippen LogP contribution in [0.3, 0.4) is 0 Å². The van der Waals surface area contributed by atoms with Crippen LogP contribution < -0.4 is 5.56 Å². The number of rotatable bonds is 2. The second kappa shape index (κ2) is 5.09. The van der Waals surface area contributed by atoms with Crippen molar-refractivity contribution in [2.75, 3.05) is 13.2 Å². The molecular weight excluding hydrogens is 256 g/mol. The van der Waals surface area contributed by atoms with Crippen LogP contribution in [-0.4, -0.2) is 40.1 Å². The molecule has 1 aliphatic rings. The number of aromatic amines is 1. The van der Waals surface area contributed by atoms with Crippen molar-refractivity contribution in [2.24, 2.45) is 0 Å². The molecule has 1 saturated heterocycles. The SMILES string of the molecule is O=C(c1cc2ccccc2c(=O)[nH]1)N1CCC[C@H]1CO. The highest BCUT2D eigenvalue weighted by Gasteiger charge is 2.29. The summed E-state index contributed by atoms with van der Waals surface area (Å²) in [7, 11) is 0. The Morgan fingerprint density at radius 1 is 1.40 bits per heavy atom. The number of aliphatic hydroxyl groups excluding tert-OH is 1. The van der Waals surface area contributed by atoms with Gasteiger partial charge in [-0.1, -0.05) is 18.2 Å². The monoisotopic (exact) mass is 272 g/mol. The van der Waals surface area contributed by atoms with Gasteiger partial charge in [0.1, 0.15) is 5.69 Å². The van der Waals surface area contributed by atoms with Crippen LogP contribution in [0.25, 0.3) is 10.8 Å². The lowest BCUT2D eigenvalue weighted by atomic mass is 10.1. The quantitative estimate of drug-likeness (QED) is 0.860. The average Bonchev–Trinajstić information content (AvgIpc) is 2.95. The largest absolute Gasteiger partial charge is 0.394 e. The Bertz CT molecular complexity index is 708. The van der Waals surface area contributed by atoms with Crippen molar-refractivity contribution in [1.82, 2.24) is 9.88 Å². The molecule has 1 aromatic heterocycles. The number of carbonyl (C=O) groups excluding carboxylic acids is 1. The number of pyridine rings is 1. The molecule has 1 aromatic carbocycles. The molecule has 0 aliphatic carbocycles. The Labute approximate surface area is 115 Å². The Morgan fingerprint density at radius 3 is 3.00 bits per heavy atom. The van der Waals surface area contributed by atoms with Crippen LogP contribution in [0.4, 0.5) is 0 Å². The van der Waals surface area contributed by atoms with Gasteiger partial charge in [-0.2, -0.15) is 0 Å². The summed E-state index contributed by atoms with van der Waals surface area (Å²) >= 11 is 0. The van der Waals surface area contributed by atoms with E-state index in [4.69, 9.17) is 0 Å². The summed E-state index contributed by atoms with van der Waals surface area (Å²) in [5.41, 5.74) is 0.0280. The van der Waals surface area contributed by atoms with E-state index in [0.29, 0.717) is 11.9 Å². The normalized spacial score (nSPS) is 18.6. The van der Waals surface area contributed by atoms with Crippen LogP contribution in [0.1, 0.15) is 23.3 Å². The Kier molecular flexibility index (Phi) is 3.28. The maximum Gasteiger partial charge on any atom is 0.270 e. The van der Waals surface area contributed by atoms with Crippen LogP contribution in [0, 0.1) is 0 Å². The highest BCUT2D eigenvalue weighted by Crippen LogP contribution is 2.20. The van der Waals surface area contributed by atoms with Gasteiger partial charge in [0, 0.05) is 11.9 Å². The molecule has 1 aliphatic heterocycles.